The Balaban J connectivity index is 2.68. The molecular weight excluding hydrogens is 222 g/mol. The van der Waals surface area contributed by atoms with E-state index >= 15 is 0 Å². The van der Waals surface area contributed by atoms with Crippen LogP contribution in [0, 0.1) is 12.3 Å². The van der Waals surface area contributed by atoms with Crippen molar-refractivity contribution in [2.75, 3.05) is 7.11 Å². The van der Waals surface area contributed by atoms with Crippen LogP contribution in [-0.4, -0.2) is 19.1 Å². The molecule has 0 saturated heterocycles. The molecule has 1 heterocycles. The third kappa shape index (κ3) is 3.01. The largest absolute Gasteiger partial charge is 0.495 e. The number of amides is 1. The number of nitrogens with one attached hydrogen (secondary N) is 1. The number of methoxy groups -OCH3 is 1. The Kier molecular flexibility index (Phi) is 4.87. The van der Waals surface area contributed by atoms with Gasteiger partial charge in [0.2, 0.25) is 0 Å². The van der Waals surface area contributed by atoms with Gasteiger partial charge in [-0.25, -0.2) is 0 Å². The molecule has 0 spiro atoms. The topological polar surface area (TPSA) is 38.3 Å². The predicted molar refractivity (Wildman–Crippen MR) is 65.9 cm³/mol. The molecule has 0 aliphatic heterocycles. The molecule has 0 bridgehead atoms. The number of ether oxygens (including phenoxy) is 1. The maximum Gasteiger partial charge on any atom is 0.266 e. The highest BCUT2D eigenvalue weighted by Crippen LogP contribution is 2.24. The Hall–Kier alpha value is -1.47. The molecule has 3 nitrogen and oxygen atoms in total. The monoisotopic (exact) mass is 237 g/mol. The van der Waals surface area contributed by atoms with Crippen LogP contribution in [0.4, 0.5) is 0 Å². The Labute approximate surface area is 99.8 Å². The van der Waals surface area contributed by atoms with Crippen molar-refractivity contribution in [3.05, 3.63) is 16.3 Å². The summed E-state index contributed by atoms with van der Waals surface area (Å²) in [5, 5.41) is 4.62. The summed E-state index contributed by atoms with van der Waals surface area (Å²) in [6, 6.07) is 1.56. The molecule has 0 radical (unpaired) electrons. The number of carbonyl (C=O) groups is 1. The lowest BCUT2D eigenvalue weighted by atomic mass is 10.2. The number of thiophene rings is 1. The first-order chi connectivity index (χ1) is 7.72. The highest BCUT2D eigenvalue weighted by Gasteiger charge is 2.16. The molecule has 0 aliphatic rings. The van der Waals surface area contributed by atoms with Crippen molar-refractivity contribution in [3.8, 4) is 18.1 Å². The second-order valence-electron chi connectivity index (χ2n) is 3.30. The average molecular weight is 237 g/mol. The van der Waals surface area contributed by atoms with Crippen molar-refractivity contribution in [3.63, 3.8) is 0 Å². The number of hydrogen-bond acceptors (Lipinski definition) is 3. The quantitative estimate of drug-likeness (QED) is 0.798. The molecule has 4 heteroatoms. The maximum atomic E-state index is 11.9. The molecule has 0 fully saturated rings. The number of rotatable bonds is 5. The first-order valence-corrected chi connectivity index (χ1v) is 5.99. The summed E-state index contributed by atoms with van der Waals surface area (Å²) in [5.74, 6) is 2.99. The van der Waals surface area contributed by atoms with Crippen LogP contribution >= 0.6 is 11.3 Å². The summed E-state index contributed by atoms with van der Waals surface area (Å²) in [4.78, 5) is 12.4. The second-order valence-corrected chi connectivity index (χ2v) is 4.22. The SMILES string of the molecule is C#CC(CCC)NC(=O)c1sccc1OC. The van der Waals surface area contributed by atoms with E-state index in [9.17, 15) is 4.79 Å². The van der Waals surface area contributed by atoms with E-state index in [1.54, 1.807) is 13.2 Å². The molecule has 1 aromatic heterocycles. The molecule has 1 unspecified atom stereocenters. The lowest BCUT2D eigenvalue weighted by molar-refractivity contribution is 0.0945. The van der Waals surface area contributed by atoms with Gasteiger partial charge in [-0.15, -0.1) is 17.8 Å². The lowest BCUT2D eigenvalue weighted by Gasteiger charge is -2.11. The third-order valence-corrected chi connectivity index (χ3v) is 3.03. The molecule has 1 amide bonds. The van der Waals surface area contributed by atoms with Gasteiger partial charge in [0.1, 0.15) is 10.6 Å². The van der Waals surface area contributed by atoms with Gasteiger partial charge in [0.05, 0.1) is 13.2 Å². The van der Waals surface area contributed by atoms with Crippen LogP contribution in [0.15, 0.2) is 11.4 Å². The van der Waals surface area contributed by atoms with Crippen LogP contribution in [0.1, 0.15) is 29.4 Å². The van der Waals surface area contributed by atoms with Crippen LogP contribution < -0.4 is 10.1 Å². The van der Waals surface area contributed by atoms with Crippen molar-refractivity contribution >= 4 is 17.2 Å². The Morgan fingerprint density at radius 3 is 3.06 bits per heavy atom. The molecule has 0 aromatic carbocycles. The van der Waals surface area contributed by atoms with Gasteiger partial charge in [-0.2, -0.15) is 0 Å². The molecule has 86 valence electrons. The number of terminal acetylenes is 1. The van der Waals surface area contributed by atoms with Crippen molar-refractivity contribution < 1.29 is 9.53 Å². The first-order valence-electron chi connectivity index (χ1n) is 5.11. The Morgan fingerprint density at radius 1 is 1.75 bits per heavy atom. The summed E-state index contributed by atoms with van der Waals surface area (Å²) in [5.41, 5.74) is 0. The summed E-state index contributed by atoms with van der Waals surface area (Å²) < 4.78 is 5.08. The molecule has 0 aliphatic carbocycles. The third-order valence-electron chi connectivity index (χ3n) is 2.14. The molecule has 1 aromatic rings. The van der Waals surface area contributed by atoms with Crippen LogP contribution in [0.3, 0.4) is 0 Å². The summed E-state index contributed by atoms with van der Waals surface area (Å²) in [7, 11) is 1.55. The smallest absolute Gasteiger partial charge is 0.266 e. The summed E-state index contributed by atoms with van der Waals surface area (Å²) in [6.45, 7) is 2.03. The van der Waals surface area contributed by atoms with Gasteiger partial charge in [-0.1, -0.05) is 19.3 Å². The molecule has 1 N–H and O–H groups in total. The maximum absolute atomic E-state index is 11.9. The zero-order valence-corrected chi connectivity index (χ0v) is 10.3. The van der Waals surface area contributed by atoms with E-state index in [4.69, 9.17) is 11.2 Å². The normalized spacial score (nSPS) is 11.6. The molecule has 0 saturated carbocycles. The molecular formula is C12H15NO2S. The van der Waals surface area contributed by atoms with Gasteiger partial charge >= 0.3 is 0 Å². The van der Waals surface area contributed by atoms with E-state index in [1.807, 2.05) is 12.3 Å². The second kappa shape index (κ2) is 6.19. The van der Waals surface area contributed by atoms with E-state index in [0.29, 0.717) is 10.6 Å². The average Bonchev–Trinajstić information content (AvgIpc) is 2.76. The summed E-state index contributed by atoms with van der Waals surface area (Å²) >= 11 is 1.35. The minimum absolute atomic E-state index is 0.164. The van der Waals surface area contributed by atoms with Crippen molar-refractivity contribution in [1.29, 1.82) is 0 Å². The van der Waals surface area contributed by atoms with Gasteiger partial charge in [0, 0.05) is 0 Å². The van der Waals surface area contributed by atoms with E-state index in [-0.39, 0.29) is 11.9 Å². The van der Waals surface area contributed by atoms with Gasteiger partial charge in [0.25, 0.3) is 5.91 Å². The Morgan fingerprint density at radius 2 is 2.50 bits per heavy atom. The molecule has 1 atom stereocenters. The minimum Gasteiger partial charge on any atom is -0.495 e. The zero-order chi connectivity index (χ0) is 12.0. The fourth-order valence-corrected chi connectivity index (χ4v) is 2.09. The first kappa shape index (κ1) is 12.6. The Bertz CT molecular complexity index is 392. The fraction of sp³-hybridized carbons (Fsp3) is 0.417. The standard InChI is InChI=1S/C12H15NO2S/c1-4-6-9(5-2)13-12(14)11-10(15-3)7-8-16-11/h2,7-9H,4,6H2,1,3H3,(H,13,14). The van der Waals surface area contributed by atoms with Gasteiger partial charge in [-0.05, 0) is 17.9 Å². The zero-order valence-electron chi connectivity index (χ0n) is 9.45. The highest BCUT2D eigenvalue weighted by atomic mass is 32.1. The van der Waals surface area contributed by atoms with Crippen molar-refractivity contribution in [2.45, 2.75) is 25.8 Å². The van der Waals surface area contributed by atoms with Gasteiger partial charge < -0.3 is 10.1 Å². The van der Waals surface area contributed by atoms with E-state index in [2.05, 4.69) is 11.2 Å². The highest BCUT2D eigenvalue weighted by molar-refractivity contribution is 7.12. The number of carbonyl (C=O) groups excluding carboxylic acids is 1. The van der Waals surface area contributed by atoms with E-state index in [1.165, 1.54) is 11.3 Å². The van der Waals surface area contributed by atoms with Gasteiger partial charge in [-0.3, -0.25) is 4.79 Å². The molecule has 16 heavy (non-hydrogen) atoms. The summed E-state index contributed by atoms with van der Waals surface area (Å²) in [6.07, 6.45) is 7.07. The van der Waals surface area contributed by atoms with Crippen LogP contribution in [0.5, 0.6) is 5.75 Å². The van der Waals surface area contributed by atoms with E-state index < -0.39 is 0 Å². The molecule has 1 rings (SSSR count). The van der Waals surface area contributed by atoms with Crippen LogP contribution in [-0.2, 0) is 0 Å². The van der Waals surface area contributed by atoms with Crippen molar-refractivity contribution in [2.24, 2.45) is 0 Å². The van der Waals surface area contributed by atoms with Crippen molar-refractivity contribution in [1.82, 2.24) is 5.32 Å². The van der Waals surface area contributed by atoms with E-state index in [0.717, 1.165) is 12.8 Å². The van der Waals surface area contributed by atoms with Crippen LogP contribution in [0.25, 0.3) is 0 Å². The lowest BCUT2D eigenvalue weighted by Crippen LogP contribution is -2.33. The van der Waals surface area contributed by atoms with Gasteiger partial charge in [0.15, 0.2) is 0 Å². The predicted octanol–water partition coefficient (Wildman–Crippen LogP) is 2.29. The van der Waals surface area contributed by atoms with Crippen LogP contribution in [0.2, 0.25) is 0 Å². The minimum atomic E-state index is -0.204. The number of hydrogen-bond donors (Lipinski definition) is 1. The fourth-order valence-electron chi connectivity index (χ4n) is 1.33.